The van der Waals surface area contributed by atoms with E-state index in [4.69, 9.17) is 11.6 Å². The SMILES string of the molecule is O=C(C=P(c1ccccc1)(c1ccccc1)c1ccccc1)C(=O)c1ccc(Cl)cc1. The fourth-order valence-electron chi connectivity index (χ4n) is 3.64. The molecule has 0 radical (unpaired) electrons. The van der Waals surface area contributed by atoms with Crippen molar-refractivity contribution in [3.05, 3.63) is 126 Å². The highest BCUT2D eigenvalue weighted by molar-refractivity contribution is 7.95. The Bertz CT molecular complexity index is 1150. The van der Waals surface area contributed by atoms with Gasteiger partial charge in [0.2, 0.25) is 11.6 Å². The normalized spacial score (nSPS) is 11.0. The summed E-state index contributed by atoms with van der Waals surface area (Å²) < 4.78 is 0. The third-order valence-electron chi connectivity index (χ3n) is 5.13. The molecule has 2 nitrogen and oxygen atoms in total. The van der Waals surface area contributed by atoms with Crippen LogP contribution in [0.4, 0.5) is 0 Å². The van der Waals surface area contributed by atoms with Crippen LogP contribution in [0.3, 0.4) is 0 Å². The molecule has 152 valence electrons. The molecule has 4 aromatic carbocycles. The summed E-state index contributed by atoms with van der Waals surface area (Å²) in [5.41, 5.74) is 0.331. The maximum absolute atomic E-state index is 13.4. The molecule has 0 heterocycles. The van der Waals surface area contributed by atoms with Crippen molar-refractivity contribution in [2.75, 3.05) is 0 Å². The van der Waals surface area contributed by atoms with Gasteiger partial charge in [-0.15, -0.1) is 0 Å². The largest absolute Gasteiger partial charge is 0.285 e. The number of carbonyl (C=O) groups excluding carboxylic acids is 2. The zero-order chi connectivity index (χ0) is 21.7. The van der Waals surface area contributed by atoms with Gasteiger partial charge < -0.3 is 0 Å². The van der Waals surface area contributed by atoms with Crippen molar-refractivity contribution in [3.8, 4) is 0 Å². The minimum Gasteiger partial charge on any atom is -0.285 e. The zero-order valence-corrected chi connectivity index (χ0v) is 18.3. The first-order valence-corrected chi connectivity index (χ1v) is 12.1. The molecule has 0 N–H and O–H groups in total. The van der Waals surface area contributed by atoms with Gasteiger partial charge in [0, 0.05) is 10.6 Å². The van der Waals surface area contributed by atoms with E-state index in [9.17, 15) is 9.59 Å². The van der Waals surface area contributed by atoms with Crippen molar-refractivity contribution >= 4 is 51.8 Å². The predicted molar refractivity (Wildman–Crippen MR) is 132 cm³/mol. The summed E-state index contributed by atoms with van der Waals surface area (Å²) in [5.74, 6) is 0.597. The third-order valence-corrected chi connectivity index (χ3v) is 9.34. The molecule has 0 fully saturated rings. The van der Waals surface area contributed by atoms with Crippen LogP contribution in [0.25, 0.3) is 0 Å². The number of carbonyl (C=O) groups is 2. The summed E-state index contributed by atoms with van der Waals surface area (Å²) in [6.45, 7) is -2.51. The topological polar surface area (TPSA) is 34.1 Å². The summed E-state index contributed by atoms with van der Waals surface area (Å²) in [7, 11) is 0. The average Bonchev–Trinajstić information content (AvgIpc) is 2.84. The minimum atomic E-state index is -2.51. The van der Waals surface area contributed by atoms with E-state index in [2.05, 4.69) is 0 Å². The van der Waals surface area contributed by atoms with Gasteiger partial charge in [-0.3, -0.25) is 9.59 Å². The summed E-state index contributed by atoms with van der Waals surface area (Å²) in [4.78, 5) is 26.4. The molecule has 0 aliphatic carbocycles. The molecular weight excluding hydrogens is 423 g/mol. The molecule has 0 saturated heterocycles. The Balaban J connectivity index is 1.99. The van der Waals surface area contributed by atoms with Gasteiger partial charge >= 0.3 is 0 Å². The number of Topliss-reactive ketones (excluding diaryl/α,β-unsaturated/α-hetero) is 2. The monoisotopic (exact) mass is 442 g/mol. The molecule has 4 heteroatoms. The second-order valence-electron chi connectivity index (χ2n) is 7.06. The quantitative estimate of drug-likeness (QED) is 0.242. The maximum atomic E-state index is 13.4. The number of halogens is 1. The lowest BCUT2D eigenvalue weighted by molar-refractivity contribution is -0.108. The van der Waals surface area contributed by atoms with E-state index in [1.165, 1.54) is 0 Å². The molecular formula is C27H20ClO2P. The Kier molecular flexibility index (Phi) is 6.32. The highest BCUT2D eigenvalue weighted by Gasteiger charge is 2.28. The number of rotatable bonds is 6. The van der Waals surface area contributed by atoms with Crippen LogP contribution in [0.1, 0.15) is 10.4 Å². The number of hydrogen-bond acceptors (Lipinski definition) is 2. The van der Waals surface area contributed by atoms with Crippen LogP contribution < -0.4 is 15.9 Å². The predicted octanol–water partition coefficient (Wildman–Crippen LogP) is 4.89. The van der Waals surface area contributed by atoms with Crippen LogP contribution in [-0.4, -0.2) is 17.4 Å². The first kappa shape index (κ1) is 21.1. The van der Waals surface area contributed by atoms with Crippen LogP contribution in [-0.2, 0) is 4.79 Å². The van der Waals surface area contributed by atoms with Gasteiger partial charge in [0.05, 0.1) is 0 Å². The molecule has 4 aromatic rings. The van der Waals surface area contributed by atoms with Crippen LogP contribution >= 0.6 is 18.5 Å². The first-order valence-electron chi connectivity index (χ1n) is 9.87. The number of ketones is 2. The second kappa shape index (κ2) is 9.31. The third kappa shape index (κ3) is 4.32. The lowest BCUT2D eigenvalue weighted by Crippen LogP contribution is -2.30. The van der Waals surface area contributed by atoms with Gasteiger partial charge in [-0.2, -0.15) is 0 Å². The molecule has 0 unspecified atom stereocenters. The minimum absolute atomic E-state index is 0.331. The Morgan fingerprint density at radius 3 is 1.35 bits per heavy atom. The van der Waals surface area contributed by atoms with E-state index in [0.29, 0.717) is 10.6 Å². The van der Waals surface area contributed by atoms with E-state index in [1.807, 2.05) is 91.0 Å². The van der Waals surface area contributed by atoms with E-state index < -0.39 is 18.5 Å². The zero-order valence-electron chi connectivity index (χ0n) is 16.7. The smallest absolute Gasteiger partial charge is 0.232 e. The fraction of sp³-hybridized carbons (Fsp3) is 0. The van der Waals surface area contributed by atoms with Gasteiger partial charge in [0.1, 0.15) is 0 Å². The Hall–Kier alpha value is -3.19. The van der Waals surface area contributed by atoms with Gasteiger partial charge in [0.15, 0.2) is 0 Å². The molecule has 0 aromatic heterocycles. The summed E-state index contributed by atoms with van der Waals surface area (Å²) >= 11 is 5.94. The van der Waals surface area contributed by atoms with Crippen molar-refractivity contribution in [1.82, 2.24) is 0 Å². The van der Waals surface area contributed by atoms with Crippen LogP contribution in [0, 0.1) is 0 Å². The van der Waals surface area contributed by atoms with Gasteiger partial charge in [0.25, 0.3) is 0 Å². The van der Waals surface area contributed by atoms with Crippen molar-refractivity contribution in [2.24, 2.45) is 0 Å². The molecule has 0 bridgehead atoms. The molecule has 4 rings (SSSR count). The number of hydrogen-bond donors (Lipinski definition) is 0. The Labute approximate surface area is 187 Å². The fourth-order valence-corrected chi connectivity index (χ4v) is 7.50. The van der Waals surface area contributed by atoms with Gasteiger partial charge in [-0.05, 0) is 52.9 Å². The van der Waals surface area contributed by atoms with E-state index in [-0.39, 0.29) is 0 Å². The van der Waals surface area contributed by atoms with Crippen molar-refractivity contribution in [3.63, 3.8) is 0 Å². The van der Waals surface area contributed by atoms with Gasteiger partial charge in [-0.25, -0.2) is 0 Å². The number of benzene rings is 4. The van der Waals surface area contributed by atoms with E-state index >= 15 is 0 Å². The standard InChI is InChI=1S/C27H20ClO2P/c28-22-18-16-21(17-19-22)27(30)26(29)20-31(23-10-4-1-5-11-23,24-12-6-2-7-13-24)25-14-8-3-9-15-25/h1-20H. The van der Waals surface area contributed by atoms with E-state index in [0.717, 1.165) is 15.9 Å². The molecule has 0 aliphatic heterocycles. The molecule has 0 amide bonds. The lowest BCUT2D eigenvalue weighted by Gasteiger charge is -2.28. The molecule has 0 aliphatic rings. The molecule has 0 saturated carbocycles. The van der Waals surface area contributed by atoms with Crippen molar-refractivity contribution < 1.29 is 9.59 Å². The van der Waals surface area contributed by atoms with Crippen LogP contribution in [0.2, 0.25) is 5.02 Å². The van der Waals surface area contributed by atoms with Crippen LogP contribution in [0.5, 0.6) is 0 Å². The summed E-state index contributed by atoms with van der Waals surface area (Å²) in [5, 5.41) is 3.58. The highest BCUT2D eigenvalue weighted by Crippen LogP contribution is 2.43. The molecule has 0 spiro atoms. The van der Waals surface area contributed by atoms with Gasteiger partial charge in [-0.1, -0.05) is 103 Å². The summed E-state index contributed by atoms with van der Waals surface area (Å²) in [6.07, 6.45) is 0. The average molecular weight is 443 g/mol. The lowest BCUT2D eigenvalue weighted by atomic mass is 10.1. The Morgan fingerprint density at radius 1 is 0.581 bits per heavy atom. The van der Waals surface area contributed by atoms with E-state index in [1.54, 1.807) is 30.1 Å². The second-order valence-corrected chi connectivity index (χ2v) is 10.7. The van der Waals surface area contributed by atoms with Crippen LogP contribution in [0.15, 0.2) is 115 Å². The first-order chi connectivity index (χ1) is 15.1. The maximum Gasteiger partial charge on any atom is 0.232 e. The van der Waals surface area contributed by atoms with Crippen molar-refractivity contribution in [2.45, 2.75) is 0 Å². The summed E-state index contributed by atoms with van der Waals surface area (Å²) in [6, 6.07) is 36.3. The Morgan fingerprint density at radius 2 is 0.968 bits per heavy atom. The molecule has 31 heavy (non-hydrogen) atoms. The van der Waals surface area contributed by atoms with Crippen molar-refractivity contribution in [1.29, 1.82) is 0 Å². The highest BCUT2D eigenvalue weighted by atomic mass is 35.5. The molecule has 0 atom stereocenters.